The van der Waals surface area contributed by atoms with E-state index in [2.05, 4.69) is 17.4 Å². The first-order valence-electron chi connectivity index (χ1n) is 7.97. The molecule has 3 rings (SSSR count). The molecule has 5 heteroatoms. The molecule has 0 bridgehead atoms. The molecule has 0 radical (unpaired) electrons. The van der Waals surface area contributed by atoms with Crippen molar-refractivity contribution in [2.45, 2.75) is 31.7 Å². The van der Waals surface area contributed by atoms with Crippen LogP contribution in [-0.4, -0.2) is 43.0 Å². The van der Waals surface area contributed by atoms with E-state index in [4.69, 9.17) is 4.74 Å². The summed E-state index contributed by atoms with van der Waals surface area (Å²) in [5.74, 6) is 0.00795. The molecule has 1 aromatic rings. The monoisotopic (exact) mass is 302 g/mol. The van der Waals surface area contributed by atoms with Crippen LogP contribution in [0.2, 0.25) is 0 Å². The molecule has 1 atom stereocenters. The number of hydrogen-bond donors (Lipinski definition) is 1. The number of nitrogens with zero attached hydrogens (tertiary/aromatic N) is 1. The Kier molecular flexibility index (Phi) is 4.73. The molecular weight excluding hydrogens is 280 g/mol. The molecule has 1 aliphatic carbocycles. The van der Waals surface area contributed by atoms with Gasteiger partial charge < -0.3 is 15.0 Å². The van der Waals surface area contributed by atoms with E-state index < -0.39 is 0 Å². The molecule has 118 valence electrons. The highest BCUT2D eigenvalue weighted by Crippen LogP contribution is 2.30. The van der Waals surface area contributed by atoms with Gasteiger partial charge in [0.1, 0.15) is 0 Å². The van der Waals surface area contributed by atoms with Gasteiger partial charge in [0.25, 0.3) is 0 Å². The summed E-state index contributed by atoms with van der Waals surface area (Å²) in [6.45, 7) is 2.46. The maximum Gasteiger partial charge on any atom is 0.223 e. The predicted molar refractivity (Wildman–Crippen MR) is 82.3 cm³/mol. The number of carbonyl (C=O) groups is 2. The molecule has 0 unspecified atom stereocenters. The van der Waals surface area contributed by atoms with Gasteiger partial charge in [-0.05, 0) is 24.0 Å². The normalized spacial score (nSPS) is 20.5. The Morgan fingerprint density at radius 1 is 1.18 bits per heavy atom. The van der Waals surface area contributed by atoms with Crippen LogP contribution in [0.15, 0.2) is 24.3 Å². The van der Waals surface area contributed by atoms with E-state index in [1.54, 1.807) is 4.90 Å². The van der Waals surface area contributed by atoms with Crippen molar-refractivity contribution in [1.82, 2.24) is 10.2 Å². The summed E-state index contributed by atoms with van der Waals surface area (Å²) in [5, 5.41) is 3.06. The first-order valence-corrected chi connectivity index (χ1v) is 7.97. The molecule has 1 N–H and O–H groups in total. The fourth-order valence-electron chi connectivity index (χ4n) is 3.16. The summed E-state index contributed by atoms with van der Waals surface area (Å²) < 4.78 is 5.22. The summed E-state index contributed by atoms with van der Waals surface area (Å²) in [5.41, 5.74) is 2.53. The lowest BCUT2D eigenvalue weighted by Gasteiger charge is -2.26. The number of amides is 2. The van der Waals surface area contributed by atoms with Gasteiger partial charge in [-0.2, -0.15) is 0 Å². The number of carbonyl (C=O) groups excluding carboxylic acids is 2. The average molecular weight is 302 g/mol. The zero-order valence-corrected chi connectivity index (χ0v) is 12.7. The van der Waals surface area contributed by atoms with Crippen LogP contribution in [-0.2, 0) is 20.7 Å². The summed E-state index contributed by atoms with van der Waals surface area (Å²) in [7, 11) is 0. The number of ether oxygens (including phenoxy) is 1. The van der Waals surface area contributed by atoms with Crippen LogP contribution in [0.3, 0.4) is 0 Å². The number of nitrogens with one attached hydrogen (secondary N) is 1. The highest BCUT2D eigenvalue weighted by molar-refractivity contribution is 5.84. The van der Waals surface area contributed by atoms with Crippen molar-refractivity contribution in [2.24, 2.45) is 0 Å². The lowest BCUT2D eigenvalue weighted by molar-refractivity contribution is -0.137. The van der Waals surface area contributed by atoms with Gasteiger partial charge in [-0.3, -0.25) is 9.59 Å². The van der Waals surface area contributed by atoms with Crippen molar-refractivity contribution >= 4 is 11.8 Å². The Morgan fingerprint density at radius 3 is 2.77 bits per heavy atom. The highest BCUT2D eigenvalue weighted by atomic mass is 16.5. The molecule has 1 aliphatic heterocycles. The summed E-state index contributed by atoms with van der Waals surface area (Å²) >= 11 is 0. The number of rotatable bonds is 4. The van der Waals surface area contributed by atoms with E-state index in [9.17, 15) is 9.59 Å². The van der Waals surface area contributed by atoms with Crippen LogP contribution in [0.25, 0.3) is 0 Å². The Labute approximate surface area is 130 Å². The quantitative estimate of drug-likeness (QED) is 0.915. The Balaban J connectivity index is 1.46. The molecule has 0 aromatic heterocycles. The molecule has 1 fully saturated rings. The molecule has 22 heavy (non-hydrogen) atoms. The average Bonchev–Trinajstić information content (AvgIpc) is 2.97. The van der Waals surface area contributed by atoms with Crippen LogP contribution < -0.4 is 5.32 Å². The van der Waals surface area contributed by atoms with Crippen LogP contribution in [0.4, 0.5) is 0 Å². The van der Waals surface area contributed by atoms with Crippen molar-refractivity contribution in [3.05, 3.63) is 35.4 Å². The fraction of sp³-hybridized carbons (Fsp3) is 0.529. The molecule has 0 spiro atoms. The van der Waals surface area contributed by atoms with Gasteiger partial charge in [0.2, 0.25) is 11.8 Å². The first-order chi connectivity index (χ1) is 10.7. The minimum Gasteiger partial charge on any atom is -0.378 e. The molecular formula is C17H22N2O3. The summed E-state index contributed by atoms with van der Waals surface area (Å²) in [6, 6.07) is 8.33. The third-order valence-electron chi connectivity index (χ3n) is 4.40. The van der Waals surface area contributed by atoms with Crippen molar-refractivity contribution < 1.29 is 14.3 Å². The van der Waals surface area contributed by atoms with E-state index in [1.807, 2.05) is 12.1 Å². The second-order valence-electron chi connectivity index (χ2n) is 5.85. The number of hydrogen-bond acceptors (Lipinski definition) is 3. The molecule has 1 aromatic carbocycles. The van der Waals surface area contributed by atoms with Crippen molar-refractivity contribution in [1.29, 1.82) is 0 Å². The molecule has 0 saturated carbocycles. The summed E-state index contributed by atoms with van der Waals surface area (Å²) in [6.07, 6.45) is 2.49. The predicted octanol–water partition coefficient (Wildman–Crippen LogP) is 1.43. The topological polar surface area (TPSA) is 58.6 Å². The number of morpholine rings is 1. The Hall–Kier alpha value is -1.88. The van der Waals surface area contributed by atoms with E-state index in [1.165, 1.54) is 11.1 Å². The van der Waals surface area contributed by atoms with Crippen LogP contribution >= 0.6 is 0 Å². The van der Waals surface area contributed by atoms with E-state index in [0.717, 1.165) is 12.8 Å². The SMILES string of the molecule is O=C(CCC(=O)N1CCOCC1)N[C@H]1CCc2ccccc21. The molecule has 1 heterocycles. The first kappa shape index (κ1) is 15.0. The highest BCUT2D eigenvalue weighted by Gasteiger charge is 2.24. The van der Waals surface area contributed by atoms with E-state index >= 15 is 0 Å². The lowest BCUT2D eigenvalue weighted by Crippen LogP contribution is -2.41. The number of fused-ring (bicyclic) bond motifs is 1. The van der Waals surface area contributed by atoms with E-state index in [-0.39, 0.29) is 30.7 Å². The number of benzene rings is 1. The Bertz CT molecular complexity index is 553. The second kappa shape index (κ2) is 6.92. The molecule has 1 saturated heterocycles. The van der Waals surface area contributed by atoms with Crippen molar-refractivity contribution in [2.75, 3.05) is 26.3 Å². The van der Waals surface area contributed by atoms with E-state index in [0.29, 0.717) is 26.3 Å². The minimum atomic E-state index is -0.0386. The van der Waals surface area contributed by atoms with Gasteiger partial charge in [0.15, 0.2) is 0 Å². The van der Waals surface area contributed by atoms with Gasteiger partial charge in [-0.1, -0.05) is 24.3 Å². The third kappa shape index (κ3) is 3.47. The van der Waals surface area contributed by atoms with Gasteiger partial charge in [-0.25, -0.2) is 0 Å². The largest absolute Gasteiger partial charge is 0.378 e. The van der Waals surface area contributed by atoms with Gasteiger partial charge >= 0.3 is 0 Å². The third-order valence-corrected chi connectivity index (χ3v) is 4.40. The molecule has 2 amide bonds. The summed E-state index contributed by atoms with van der Waals surface area (Å²) in [4.78, 5) is 25.9. The van der Waals surface area contributed by atoms with Crippen LogP contribution in [0.1, 0.15) is 36.4 Å². The smallest absolute Gasteiger partial charge is 0.223 e. The Morgan fingerprint density at radius 2 is 1.95 bits per heavy atom. The number of aryl methyl sites for hydroxylation is 1. The molecule has 2 aliphatic rings. The zero-order chi connectivity index (χ0) is 15.4. The molecule has 5 nitrogen and oxygen atoms in total. The van der Waals surface area contributed by atoms with Gasteiger partial charge in [0.05, 0.1) is 19.3 Å². The van der Waals surface area contributed by atoms with Crippen molar-refractivity contribution in [3.8, 4) is 0 Å². The van der Waals surface area contributed by atoms with Gasteiger partial charge in [0, 0.05) is 25.9 Å². The minimum absolute atomic E-state index is 0.0386. The lowest BCUT2D eigenvalue weighted by atomic mass is 10.1. The standard InChI is InChI=1S/C17H22N2O3/c20-16(7-8-17(21)19-9-11-22-12-10-19)18-15-6-5-13-3-1-2-4-14(13)15/h1-4,15H,5-12H2,(H,18,20)/t15-/m0/s1. The second-order valence-corrected chi connectivity index (χ2v) is 5.85. The maximum absolute atomic E-state index is 12.1. The van der Waals surface area contributed by atoms with Crippen LogP contribution in [0.5, 0.6) is 0 Å². The zero-order valence-electron chi connectivity index (χ0n) is 12.7. The van der Waals surface area contributed by atoms with Gasteiger partial charge in [-0.15, -0.1) is 0 Å². The van der Waals surface area contributed by atoms with Crippen molar-refractivity contribution in [3.63, 3.8) is 0 Å². The maximum atomic E-state index is 12.1. The fourth-order valence-corrected chi connectivity index (χ4v) is 3.16. The van der Waals surface area contributed by atoms with Crippen LogP contribution in [0, 0.1) is 0 Å².